The van der Waals surface area contributed by atoms with Crippen molar-refractivity contribution in [3.63, 3.8) is 0 Å². The van der Waals surface area contributed by atoms with Gasteiger partial charge in [0.2, 0.25) is 0 Å². The molecule has 1 spiro atoms. The molecule has 0 aromatic carbocycles. The maximum Gasteiger partial charge on any atom is 0.0159 e. The van der Waals surface area contributed by atoms with Crippen molar-refractivity contribution >= 4 is 0 Å². The Hall–Kier alpha value is -0.0800. The molecule has 92 valence electrons. The number of fused-ring (bicyclic) bond motifs is 3. The zero-order chi connectivity index (χ0) is 11.4. The third kappa shape index (κ3) is 1.20. The number of rotatable bonds is 3. The van der Waals surface area contributed by atoms with Crippen molar-refractivity contribution in [1.82, 2.24) is 10.9 Å². The Balaban J connectivity index is 1.80. The molecule has 0 aromatic rings. The van der Waals surface area contributed by atoms with E-state index in [1.54, 1.807) is 0 Å². The zero-order valence-electron chi connectivity index (χ0n) is 11.0. The predicted octanol–water partition coefficient (Wildman–Crippen LogP) is 2.71. The van der Waals surface area contributed by atoms with E-state index in [9.17, 15) is 0 Å². The summed E-state index contributed by atoms with van der Waals surface area (Å²) in [5.41, 5.74) is 8.77. The van der Waals surface area contributed by atoms with Gasteiger partial charge in [0.15, 0.2) is 0 Å². The first-order valence-corrected chi connectivity index (χ1v) is 7.02. The molecule has 4 unspecified atom stereocenters. The molecule has 4 aliphatic rings. The number of hydrazine groups is 1. The van der Waals surface area contributed by atoms with Crippen LogP contribution < -0.4 is 10.9 Å². The summed E-state index contributed by atoms with van der Waals surface area (Å²) in [6.07, 6.45) is 7.18. The van der Waals surface area contributed by atoms with Crippen LogP contribution in [0.1, 0.15) is 52.9 Å². The van der Waals surface area contributed by atoms with Crippen LogP contribution in [0.15, 0.2) is 0 Å². The third-order valence-corrected chi connectivity index (χ3v) is 5.95. The monoisotopic (exact) mass is 222 g/mol. The molecule has 2 aliphatic heterocycles. The molecule has 2 heterocycles. The van der Waals surface area contributed by atoms with Crippen LogP contribution in [0.4, 0.5) is 0 Å². The molecule has 16 heavy (non-hydrogen) atoms. The molecule has 2 nitrogen and oxygen atoms in total. The van der Waals surface area contributed by atoms with Gasteiger partial charge in [-0.25, -0.2) is 0 Å². The van der Waals surface area contributed by atoms with Crippen molar-refractivity contribution in [3.8, 4) is 0 Å². The van der Waals surface area contributed by atoms with Crippen LogP contribution >= 0.6 is 0 Å². The summed E-state index contributed by atoms with van der Waals surface area (Å²) >= 11 is 0. The highest BCUT2D eigenvalue weighted by Gasteiger charge is 2.77. The number of hydrogen-bond acceptors (Lipinski definition) is 2. The van der Waals surface area contributed by atoms with Gasteiger partial charge in [-0.05, 0) is 41.4 Å². The van der Waals surface area contributed by atoms with Gasteiger partial charge in [-0.3, -0.25) is 10.9 Å². The van der Waals surface area contributed by atoms with E-state index in [1.807, 2.05) is 0 Å². The van der Waals surface area contributed by atoms with Crippen LogP contribution in [0.3, 0.4) is 0 Å². The Bertz CT molecular complexity index is 303. The molecule has 2 N–H and O–H groups in total. The molecule has 2 bridgehead atoms. The topological polar surface area (TPSA) is 24.1 Å². The van der Waals surface area contributed by atoms with Gasteiger partial charge in [0.1, 0.15) is 0 Å². The molecular weight excluding hydrogens is 196 g/mol. The van der Waals surface area contributed by atoms with Crippen molar-refractivity contribution in [1.29, 1.82) is 0 Å². The molecule has 4 atom stereocenters. The van der Waals surface area contributed by atoms with Crippen molar-refractivity contribution in [2.24, 2.45) is 22.2 Å². The van der Waals surface area contributed by atoms with E-state index in [1.165, 1.54) is 45.2 Å². The molecule has 0 aromatic heterocycles. The summed E-state index contributed by atoms with van der Waals surface area (Å²) < 4.78 is 0. The average molecular weight is 222 g/mol. The van der Waals surface area contributed by atoms with Crippen molar-refractivity contribution in [2.75, 3.05) is 13.1 Å². The molecule has 4 fully saturated rings. The Kier molecular flexibility index (Phi) is 2.23. The second-order valence-electron chi connectivity index (χ2n) is 7.13. The van der Waals surface area contributed by atoms with Gasteiger partial charge in [-0.1, -0.05) is 33.6 Å². The SMILES string of the molecule is CCCCC1C2(C)CNNCC3(C)CC13C2. The van der Waals surface area contributed by atoms with Gasteiger partial charge in [-0.2, -0.15) is 0 Å². The highest BCUT2D eigenvalue weighted by molar-refractivity contribution is 5.26. The quantitative estimate of drug-likeness (QED) is 0.767. The Morgan fingerprint density at radius 2 is 1.88 bits per heavy atom. The summed E-state index contributed by atoms with van der Waals surface area (Å²) in [7, 11) is 0. The number of unbranched alkanes of at least 4 members (excludes halogenated alkanes) is 1. The van der Waals surface area contributed by atoms with Crippen LogP contribution in [-0.2, 0) is 0 Å². The van der Waals surface area contributed by atoms with Crippen LogP contribution in [0.25, 0.3) is 0 Å². The minimum absolute atomic E-state index is 0.570. The fraction of sp³-hybridized carbons (Fsp3) is 1.00. The summed E-state index contributed by atoms with van der Waals surface area (Å²) in [6.45, 7) is 9.65. The smallest absolute Gasteiger partial charge is 0.0159 e. The highest BCUT2D eigenvalue weighted by Crippen LogP contribution is 2.82. The largest absolute Gasteiger partial charge is 0.257 e. The average Bonchev–Trinajstić information content (AvgIpc) is 2.77. The van der Waals surface area contributed by atoms with Crippen molar-refractivity contribution in [2.45, 2.75) is 52.9 Å². The fourth-order valence-corrected chi connectivity index (χ4v) is 4.95. The Morgan fingerprint density at radius 1 is 1.12 bits per heavy atom. The normalized spacial score (nSPS) is 54.6. The lowest BCUT2D eigenvalue weighted by Crippen LogP contribution is -2.60. The lowest BCUT2D eigenvalue weighted by molar-refractivity contribution is -0.0879. The maximum absolute atomic E-state index is 3.45. The van der Waals surface area contributed by atoms with E-state index in [4.69, 9.17) is 0 Å². The van der Waals surface area contributed by atoms with Gasteiger partial charge in [0.05, 0.1) is 0 Å². The molecule has 2 heteroatoms. The molecule has 4 rings (SSSR count). The molecule has 2 saturated heterocycles. The molecule has 2 saturated carbocycles. The first-order chi connectivity index (χ1) is 7.56. The zero-order valence-corrected chi connectivity index (χ0v) is 11.0. The van der Waals surface area contributed by atoms with E-state index in [2.05, 4.69) is 31.6 Å². The lowest BCUT2D eigenvalue weighted by Gasteiger charge is -2.58. The first-order valence-electron chi connectivity index (χ1n) is 7.02. The second kappa shape index (κ2) is 3.23. The number of hydrogen-bond donors (Lipinski definition) is 2. The van der Waals surface area contributed by atoms with E-state index >= 15 is 0 Å². The van der Waals surface area contributed by atoms with E-state index in [-0.39, 0.29) is 0 Å². The van der Waals surface area contributed by atoms with Crippen LogP contribution in [0, 0.1) is 22.2 Å². The lowest BCUT2D eigenvalue weighted by atomic mass is 9.48. The second-order valence-corrected chi connectivity index (χ2v) is 7.13. The van der Waals surface area contributed by atoms with Gasteiger partial charge >= 0.3 is 0 Å². The summed E-state index contributed by atoms with van der Waals surface area (Å²) in [5, 5.41) is 0. The van der Waals surface area contributed by atoms with Gasteiger partial charge in [0.25, 0.3) is 0 Å². The minimum Gasteiger partial charge on any atom is -0.257 e. The van der Waals surface area contributed by atoms with Gasteiger partial charge in [0, 0.05) is 13.1 Å². The van der Waals surface area contributed by atoms with Gasteiger partial charge in [-0.15, -0.1) is 0 Å². The first kappa shape index (κ1) is 11.0. The van der Waals surface area contributed by atoms with Crippen LogP contribution in [0.5, 0.6) is 0 Å². The third-order valence-electron chi connectivity index (χ3n) is 5.95. The predicted molar refractivity (Wildman–Crippen MR) is 66.9 cm³/mol. The summed E-state index contributed by atoms with van der Waals surface area (Å²) in [5.74, 6) is 0.986. The molecule has 2 aliphatic carbocycles. The van der Waals surface area contributed by atoms with Gasteiger partial charge < -0.3 is 0 Å². The summed E-state index contributed by atoms with van der Waals surface area (Å²) in [6, 6.07) is 0. The van der Waals surface area contributed by atoms with Crippen molar-refractivity contribution < 1.29 is 0 Å². The maximum atomic E-state index is 3.45. The standard InChI is InChI=1S/C14H26N2/c1-4-5-6-11-12(2)7-14(11)8-13(14,3)10-16-15-9-12/h11,15-16H,4-10H2,1-3H3. The Labute approximate surface area is 99.5 Å². The molecule has 0 amide bonds. The minimum atomic E-state index is 0.570. The van der Waals surface area contributed by atoms with E-state index < -0.39 is 0 Å². The highest BCUT2D eigenvalue weighted by atomic mass is 15.4. The number of nitrogens with one attached hydrogen (secondary N) is 2. The fourth-order valence-electron chi connectivity index (χ4n) is 4.95. The van der Waals surface area contributed by atoms with Crippen LogP contribution in [-0.4, -0.2) is 13.1 Å². The molecule has 0 radical (unpaired) electrons. The summed E-state index contributed by atoms with van der Waals surface area (Å²) in [4.78, 5) is 0. The van der Waals surface area contributed by atoms with Crippen molar-refractivity contribution in [3.05, 3.63) is 0 Å². The Morgan fingerprint density at radius 3 is 2.62 bits per heavy atom. The van der Waals surface area contributed by atoms with E-state index in [0.29, 0.717) is 10.8 Å². The molecular formula is C14H26N2. The van der Waals surface area contributed by atoms with E-state index in [0.717, 1.165) is 11.3 Å². The van der Waals surface area contributed by atoms with Crippen LogP contribution in [0.2, 0.25) is 0 Å².